The van der Waals surface area contributed by atoms with Crippen LogP contribution in [0.3, 0.4) is 0 Å². The second-order valence-corrected chi connectivity index (χ2v) is 6.42. The Kier molecular flexibility index (Phi) is 7.00. The molecule has 0 aliphatic rings. The summed E-state index contributed by atoms with van der Waals surface area (Å²) >= 11 is 3.35. The number of rotatable bonds is 7. The van der Waals surface area contributed by atoms with Crippen molar-refractivity contribution in [2.75, 3.05) is 19.6 Å². The highest BCUT2D eigenvalue weighted by Gasteiger charge is 2.10. The molecule has 2 amide bonds. The van der Waals surface area contributed by atoms with E-state index in [2.05, 4.69) is 21.2 Å². The zero-order valence-electron chi connectivity index (χ0n) is 13.7. The van der Waals surface area contributed by atoms with Crippen LogP contribution in [0.2, 0.25) is 0 Å². The Morgan fingerprint density at radius 2 is 1.79 bits per heavy atom. The van der Waals surface area contributed by atoms with E-state index in [0.29, 0.717) is 25.2 Å². The number of benzene rings is 2. The molecule has 5 heteroatoms. The first-order valence-electron chi connectivity index (χ1n) is 7.89. The van der Waals surface area contributed by atoms with Gasteiger partial charge in [-0.2, -0.15) is 0 Å². The number of nitrogens with one attached hydrogen (secondary N) is 1. The van der Waals surface area contributed by atoms with E-state index in [1.807, 2.05) is 42.5 Å². The zero-order chi connectivity index (χ0) is 17.4. The van der Waals surface area contributed by atoms with Gasteiger partial charge in [0.2, 0.25) is 5.91 Å². The SMILES string of the molecule is CC(=O)N(CCNC(=O)c1cccc(Br)c1)CCc1ccccc1. The zero-order valence-corrected chi connectivity index (χ0v) is 15.3. The highest BCUT2D eigenvalue weighted by Crippen LogP contribution is 2.11. The maximum atomic E-state index is 12.1. The fourth-order valence-corrected chi connectivity index (χ4v) is 2.77. The van der Waals surface area contributed by atoms with Crippen LogP contribution in [0.15, 0.2) is 59.1 Å². The molecular formula is C19H21BrN2O2. The van der Waals surface area contributed by atoms with Crippen molar-refractivity contribution in [3.8, 4) is 0 Å². The normalized spacial score (nSPS) is 10.2. The summed E-state index contributed by atoms with van der Waals surface area (Å²) in [6, 6.07) is 17.3. The molecule has 0 spiro atoms. The summed E-state index contributed by atoms with van der Waals surface area (Å²) in [6.45, 7) is 3.13. The van der Waals surface area contributed by atoms with Gasteiger partial charge >= 0.3 is 0 Å². The van der Waals surface area contributed by atoms with Crippen LogP contribution in [0, 0.1) is 0 Å². The molecular weight excluding hydrogens is 368 g/mol. The van der Waals surface area contributed by atoms with Crippen molar-refractivity contribution in [2.24, 2.45) is 0 Å². The Balaban J connectivity index is 1.81. The van der Waals surface area contributed by atoms with Crippen molar-refractivity contribution in [1.82, 2.24) is 10.2 Å². The molecule has 2 aromatic rings. The lowest BCUT2D eigenvalue weighted by Gasteiger charge is -2.21. The lowest BCUT2D eigenvalue weighted by atomic mass is 10.1. The van der Waals surface area contributed by atoms with Gasteiger partial charge in [0.05, 0.1) is 0 Å². The summed E-state index contributed by atoms with van der Waals surface area (Å²) in [7, 11) is 0. The molecule has 1 N–H and O–H groups in total. The van der Waals surface area contributed by atoms with Gasteiger partial charge in [0.25, 0.3) is 5.91 Å². The Bertz CT molecular complexity index is 689. The predicted octanol–water partition coefficient (Wildman–Crippen LogP) is 3.27. The number of hydrogen-bond acceptors (Lipinski definition) is 2. The van der Waals surface area contributed by atoms with Crippen molar-refractivity contribution in [1.29, 1.82) is 0 Å². The summed E-state index contributed by atoms with van der Waals surface area (Å²) in [5.74, 6) is -0.120. The maximum Gasteiger partial charge on any atom is 0.251 e. The molecule has 0 bridgehead atoms. The topological polar surface area (TPSA) is 49.4 Å². The molecule has 0 heterocycles. The van der Waals surface area contributed by atoms with Gasteiger partial charge in [-0.25, -0.2) is 0 Å². The Morgan fingerprint density at radius 1 is 1.04 bits per heavy atom. The molecule has 0 saturated carbocycles. The fraction of sp³-hybridized carbons (Fsp3) is 0.263. The number of carbonyl (C=O) groups excluding carboxylic acids is 2. The van der Waals surface area contributed by atoms with Gasteiger partial charge < -0.3 is 10.2 Å². The van der Waals surface area contributed by atoms with Gasteiger partial charge in [-0.15, -0.1) is 0 Å². The average Bonchev–Trinajstić information content (AvgIpc) is 2.58. The quantitative estimate of drug-likeness (QED) is 0.790. The fourth-order valence-electron chi connectivity index (χ4n) is 2.37. The molecule has 2 aromatic carbocycles. The van der Waals surface area contributed by atoms with Gasteiger partial charge in [0.15, 0.2) is 0 Å². The van der Waals surface area contributed by atoms with E-state index >= 15 is 0 Å². The van der Waals surface area contributed by atoms with Gasteiger partial charge in [-0.05, 0) is 30.2 Å². The Labute approximate surface area is 151 Å². The van der Waals surface area contributed by atoms with Gasteiger partial charge in [0, 0.05) is 36.6 Å². The average molecular weight is 389 g/mol. The van der Waals surface area contributed by atoms with E-state index < -0.39 is 0 Å². The summed E-state index contributed by atoms with van der Waals surface area (Å²) in [4.78, 5) is 25.6. The summed E-state index contributed by atoms with van der Waals surface area (Å²) in [5, 5.41) is 2.86. The number of nitrogens with zero attached hydrogens (tertiary/aromatic N) is 1. The van der Waals surface area contributed by atoms with Crippen LogP contribution in [-0.2, 0) is 11.2 Å². The Morgan fingerprint density at radius 3 is 2.46 bits per heavy atom. The van der Waals surface area contributed by atoms with E-state index in [1.165, 1.54) is 5.56 Å². The summed E-state index contributed by atoms with van der Waals surface area (Å²) in [6.07, 6.45) is 0.806. The molecule has 0 aromatic heterocycles. The first-order valence-corrected chi connectivity index (χ1v) is 8.69. The largest absolute Gasteiger partial charge is 0.350 e. The lowest BCUT2D eigenvalue weighted by Crippen LogP contribution is -2.38. The Hall–Kier alpha value is -2.14. The van der Waals surface area contributed by atoms with Crippen LogP contribution in [0.4, 0.5) is 0 Å². The highest BCUT2D eigenvalue weighted by atomic mass is 79.9. The van der Waals surface area contributed by atoms with Crippen molar-refractivity contribution in [3.05, 3.63) is 70.2 Å². The second-order valence-electron chi connectivity index (χ2n) is 5.51. The van der Waals surface area contributed by atoms with Crippen molar-refractivity contribution < 1.29 is 9.59 Å². The molecule has 0 aliphatic heterocycles. The molecule has 0 fully saturated rings. The van der Waals surface area contributed by atoms with Gasteiger partial charge in [-0.1, -0.05) is 52.3 Å². The third-order valence-corrected chi connectivity index (χ3v) is 4.21. The molecule has 0 unspecified atom stereocenters. The van der Waals surface area contributed by atoms with Gasteiger partial charge in [0.1, 0.15) is 0 Å². The maximum absolute atomic E-state index is 12.1. The lowest BCUT2D eigenvalue weighted by molar-refractivity contribution is -0.128. The molecule has 0 atom stereocenters. The third-order valence-electron chi connectivity index (χ3n) is 3.71. The van der Waals surface area contributed by atoms with Crippen LogP contribution in [0.5, 0.6) is 0 Å². The minimum Gasteiger partial charge on any atom is -0.350 e. The monoisotopic (exact) mass is 388 g/mol. The van der Waals surface area contributed by atoms with Crippen LogP contribution in [0.25, 0.3) is 0 Å². The molecule has 0 saturated heterocycles. The minimum atomic E-state index is -0.136. The molecule has 4 nitrogen and oxygen atoms in total. The predicted molar refractivity (Wildman–Crippen MR) is 98.9 cm³/mol. The molecule has 0 radical (unpaired) electrons. The first kappa shape index (κ1) is 18.2. The first-order chi connectivity index (χ1) is 11.6. The van der Waals surface area contributed by atoms with Crippen LogP contribution >= 0.6 is 15.9 Å². The molecule has 24 heavy (non-hydrogen) atoms. The highest BCUT2D eigenvalue weighted by molar-refractivity contribution is 9.10. The van der Waals surface area contributed by atoms with Crippen LogP contribution < -0.4 is 5.32 Å². The number of hydrogen-bond donors (Lipinski definition) is 1. The third kappa shape index (κ3) is 5.81. The number of carbonyl (C=O) groups is 2. The van der Waals surface area contributed by atoms with E-state index in [9.17, 15) is 9.59 Å². The van der Waals surface area contributed by atoms with Crippen molar-refractivity contribution >= 4 is 27.7 Å². The van der Waals surface area contributed by atoms with Crippen molar-refractivity contribution in [2.45, 2.75) is 13.3 Å². The smallest absolute Gasteiger partial charge is 0.251 e. The second kappa shape index (κ2) is 9.23. The van der Waals surface area contributed by atoms with E-state index in [4.69, 9.17) is 0 Å². The van der Waals surface area contributed by atoms with Crippen LogP contribution in [-0.4, -0.2) is 36.3 Å². The van der Waals surface area contributed by atoms with E-state index in [0.717, 1.165) is 10.9 Å². The molecule has 126 valence electrons. The number of halogens is 1. The minimum absolute atomic E-state index is 0.0163. The van der Waals surface area contributed by atoms with Gasteiger partial charge in [-0.3, -0.25) is 9.59 Å². The van der Waals surface area contributed by atoms with Crippen molar-refractivity contribution in [3.63, 3.8) is 0 Å². The van der Waals surface area contributed by atoms with E-state index in [1.54, 1.807) is 24.0 Å². The van der Waals surface area contributed by atoms with E-state index in [-0.39, 0.29) is 11.8 Å². The summed E-state index contributed by atoms with van der Waals surface area (Å²) in [5.41, 5.74) is 1.80. The number of amides is 2. The summed E-state index contributed by atoms with van der Waals surface area (Å²) < 4.78 is 0.864. The molecule has 0 aliphatic carbocycles. The standard InChI is InChI=1S/C19H21BrN2O2/c1-15(23)22(12-10-16-6-3-2-4-7-16)13-11-21-19(24)17-8-5-9-18(20)14-17/h2-9,14H,10-13H2,1H3,(H,21,24). The molecule has 2 rings (SSSR count). The van der Waals surface area contributed by atoms with Crippen LogP contribution in [0.1, 0.15) is 22.8 Å².